The third-order valence-corrected chi connectivity index (χ3v) is 5.28. The first-order chi connectivity index (χ1) is 14.8. The average molecular weight is 424 g/mol. The molecule has 0 spiro atoms. The summed E-state index contributed by atoms with van der Waals surface area (Å²) in [5, 5.41) is 5.84. The van der Waals surface area contributed by atoms with Crippen molar-refractivity contribution >= 4 is 29.1 Å². The fourth-order valence-corrected chi connectivity index (χ4v) is 3.55. The van der Waals surface area contributed by atoms with Gasteiger partial charge in [-0.1, -0.05) is 12.1 Å². The van der Waals surface area contributed by atoms with Gasteiger partial charge in [-0.3, -0.25) is 19.4 Å². The van der Waals surface area contributed by atoms with Crippen molar-refractivity contribution in [3.05, 3.63) is 53.9 Å². The molecule has 8 heteroatoms. The van der Waals surface area contributed by atoms with Crippen LogP contribution in [0, 0.1) is 12.8 Å². The average Bonchev–Trinajstić information content (AvgIpc) is 2.75. The highest BCUT2D eigenvalue weighted by Crippen LogP contribution is 2.24. The number of carbonyl (C=O) groups is 3. The number of rotatable bonds is 6. The lowest BCUT2D eigenvalue weighted by Crippen LogP contribution is -2.41. The van der Waals surface area contributed by atoms with Crippen molar-refractivity contribution in [3.63, 3.8) is 0 Å². The third kappa shape index (κ3) is 6.11. The normalized spacial score (nSPS) is 14.4. The Hall–Kier alpha value is -3.26. The number of nitrogens with one attached hydrogen (secondary N) is 2. The van der Waals surface area contributed by atoms with Crippen LogP contribution in [-0.4, -0.2) is 66.2 Å². The molecule has 0 radical (unpaired) electrons. The monoisotopic (exact) mass is 423 g/mol. The molecule has 2 aromatic rings. The molecule has 1 aliphatic rings. The molecule has 1 aromatic carbocycles. The maximum atomic E-state index is 12.8. The van der Waals surface area contributed by atoms with E-state index in [1.807, 2.05) is 33.2 Å². The van der Waals surface area contributed by atoms with Crippen molar-refractivity contribution in [2.75, 3.05) is 44.4 Å². The van der Waals surface area contributed by atoms with Gasteiger partial charge in [-0.25, -0.2) is 0 Å². The number of aromatic nitrogens is 1. The molecular weight excluding hydrogens is 394 g/mol. The second kappa shape index (κ2) is 10.2. The molecule has 31 heavy (non-hydrogen) atoms. The molecule has 8 nitrogen and oxygen atoms in total. The number of piperidine rings is 1. The Morgan fingerprint density at radius 3 is 2.48 bits per heavy atom. The van der Waals surface area contributed by atoms with Gasteiger partial charge in [0.2, 0.25) is 11.8 Å². The molecule has 2 N–H and O–H groups in total. The summed E-state index contributed by atoms with van der Waals surface area (Å²) in [5.41, 5.74) is 2.67. The molecule has 3 amide bonds. The molecule has 0 unspecified atom stereocenters. The smallest absolute Gasteiger partial charge is 0.272 e. The SMILES string of the molecule is Cc1ccc(NC(=O)CN(C)C)cc1NC(=O)C1CCN(C(=O)c2ccccn2)CC1. The first kappa shape index (κ1) is 22.4. The van der Waals surface area contributed by atoms with E-state index in [1.54, 1.807) is 40.3 Å². The van der Waals surface area contributed by atoms with Gasteiger partial charge < -0.3 is 20.4 Å². The van der Waals surface area contributed by atoms with Gasteiger partial charge in [-0.2, -0.15) is 0 Å². The summed E-state index contributed by atoms with van der Waals surface area (Å²) >= 11 is 0. The van der Waals surface area contributed by atoms with E-state index in [0.29, 0.717) is 43.0 Å². The first-order valence-electron chi connectivity index (χ1n) is 10.4. The molecule has 164 valence electrons. The minimum absolute atomic E-state index is 0.0650. The number of amides is 3. The molecule has 0 aliphatic carbocycles. The van der Waals surface area contributed by atoms with Crippen LogP contribution in [0.5, 0.6) is 0 Å². The van der Waals surface area contributed by atoms with Crippen molar-refractivity contribution < 1.29 is 14.4 Å². The number of likely N-dealkylation sites (tertiary alicyclic amines) is 1. The number of hydrogen-bond acceptors (Lipinski definition) is 5. The van der Waals surface area contributed by atoms with Gasteiger partial charge in [0.1, 0.15) is 5.69 Å². The predicted molar refractivity (Wildman–Crippen MR) is 120 cm³/mol. The van der Waals surface area contributed by atoms with Crippen LogP contribution >= 0.6 is 0 Å². The highest BCUT2D eigenvalue weighted by molar-refractivity contribution is 5.96. The number of nitrogens with zero attached hydrogens (tertiary/aromatic N) is 3. The van der Waals surface area contributed by atoms with Crippen LogP contribution in [0.1, 0.15) is 28.9 Å². The predicted octanol–water partition coefficient (Wildman–Crippen LogP) is 2.38. The maximum Gasteiger partial charge on any atom is 0.272 e. The zero-order chi connectivity index (χ0) is 22.4. The molecule has 1 aliphatic heterocycles. The second-order valence-corrected chi connectivity index (χ2v) is 8.09. The largest absolute Gasteiger partial charge is 0.337 e. The summed E-state index contributed by atoms with van der Waals surface area (Å²) in [6.45, 7) is 3.24. The molecule has 2 heterocycles. The quantitative estimate of drug-likeness (QED) is 0.744. The number of anilines is 2. The van der Waals surface area contributed by atoms with Crippen molar-refractivity contribution in [2.24, 2.45) is 5.92 Å². The minimum atomic E-state index is -0.167. The van der Waals surface area contributed by atoms with Gasteiger partial charge >= 0.3 is 0 Å². The minimum Gasteiger partial charge on any atom is -0.337 e. The Kier molecular flexibility index (Phi) is 7.36. The summed E-state index contributed by atoms with van der Waals surface area (Å²) < 4.78 is 0. The van der Waals surface area contributed by atoms with Crippen molar-refractivity contribution in [1.29, 1.82) is 0 Å². The lowest BCUT2D eigenvalue weighted by Gasteiger charge is -2.31. The summed E-state index contributed by atoms with van der Waals surface area (Å²) in [6, 6.07) is 10.7. The van der Waals surface area contributed by atoms with E-state index in [2.05, 4.69) is 15.6 Å². The molecule has 0 bridgehead atoms. The molecule has 1 fully saturated rings. The standard InChI is InChI=1S/C23H29N5O3/c1-16-7-8-18(25-21(29)15-27(2)3)14-20(16)26-22(30)17-9-12-28(13-10-17)23(31)19-6-4-5-11-24-19/h4-8,11,14,17H,9-10,12-13,15H2,1-3H3,(H,25,29)(H,26,30). The Bertz CT molecular complexity index is 937. The van der Waals surface area contributed by atoms with E-state index >= 15 is 0 Å². The number of carbonyl (C=O) groups excluding carboxylic acids is 3. The van der Waals surface area contributed by atoms with E-state index in [1.165, 1.54) is 0 Å². The zero-order valence-electron chi connectivity index (χ0n) is 18.2. The molecule has 3 rings (SSSR count). The number of likely N-dealkylation sites (N-methyl/N-ethyl adjacent to an activating group) is 1. The topological polar surface area (TPSA) is 94.6 Å². The van der Waals surface area contributed by atoms with Gasteiger partial charge in [0, 0.05) is 36.6 Å². The van der Waals surface area contributed by atoms with E-state index in [4.69, 9.17) is 0 Å². The Morgan fingerprint density at radius 1 is 1.10 bits per heavy atom. The van der Waals surface area contributed by atoms with Gasteiger partial charge in [0.05, 0.1) is 6.54 Å². The fourth-order valence-electron chi connectivity index (χ4n) is 3.55. The van der Waals surface area contributed by atoms with Crippen molar-refractivity contribution in [3.8, 4) is 0 Å². The summed E-state index contributed by atoms with van der Waals surface area (Å²) in [5.74, 6) is -0.448. The van der Waals surface area contributed by atoms with Crippen LogP contribution < -0.4 is 10.6 Å². The van der Waals surface area contributed by atoms with E-state index in [-0.39, 0.29) is 30.2 Å². The lowest BCUT2D eigenvalue weighted by atomic mass is 9.95. The van der Waals surface area contributed by atoms with E-state index < -0.39 is 0 Å². The molecule has 1 saturated heterocycles. The van der Waals surface area contributed by atoms with Crippen LogP contribution in [0.25, 0.3) is 0 Å². The highest BCUT2D eigenvalue weighted by atomic mass is 16.2. The molecular formula is C23H29N5O3. The summed E-state index contributed by atoms with van der Waals surface area (Å²) in [4.78, 5) is 45.0. The van der Waals surface area contributed by atoms with Crippen molar-refractivity contribution in [1.82, 2.24) is 14.8 Å². The lowest BCUT2D eigenvalue weighted by molar-refractivity contribution is -0.121. The number of aryl methyl sites for hydroxylation is 1. The Labute approximate surface area is 182 Å². The number of benzene rings is 1. The molecule has 1 aromatic heterocycles. The summed E-state index contributed by atoms with van der Waals surface area (Å²) in [7, 11) is 3.66. The third-order valence-electron chi connectivity index (χ3n) is 5.28. The van der Waals surface area contributed by atoms with Crippen LogP contribution in [0.4, 0.5) is 11.4 Å². The van der Waals surface area contributed by atoms with Crippen molar-refractivity contribution in [2.45, 2.75) is 19.8 Å². The second-order valence-electron chi connectivity index (χ2n) is 8.09. The van der Waals surface area contributed by atoms with Gasteiger partial charge in [0.15, 0.2) is 0 Å². The van der Waals surface area contributed by atoms with Crippen LogP contribution in [0.3, 0.4) is 0 Å². The van der Waals surface area contributed by atoms with Gasteiger partial charge in [-0.05, 0) is 63.7 Å². The molecule has 0 atom stereocenters. The Morgan fingerprint density at radius 2 is 1.84 bits per heavy atom. The van der Waals surface area contributed by atoms with Crippen LogP contribution in [-0.2, 0) is 9.59 Å². The van der Waals surface area contributed by atoms with Crippen LogP contribution in [0.15, 0.2) is 42.6 Å². The van der Waals surface area contributed by atoms with Crippen LogP contribution in [0.2, 0.25) is 0 Å². The van der Waals surface area contributed by atoms with E-state index in [0.717, 1.165) is 5.56 Å². The Balaban J connectivity index is 1.56. The van der Waals surface area contributed by atoms with E-state index in [9.17, 15) is 14.4 Å². The number of pyridine rings is 1. The fraction of sp³-hybridized carbons (Fsp3) is 0.391. The van der Waals surface area contributed by atoms with Gasteiger partial charge in [-0.15, -0.1) is 0 Å². The molecule has 0 saturated carbocycles. The highest BCUT2D eigenvalue weighted by Gasteiger charge is 2.28. The zero-order valence-corrected chi connectivity index (χ0v) is 18.2. The summed E-state index contributed by atoms with van der Waals surface area (Å²) in [6.07, 6.45) is 2.80. The van der Waals surface area contributed by atoms with Gasteiger partial charge in [0.25, 0.3) is 5.91 Å². The number of hydrogen-bond donors (Lipinski definition) is 2. The maximum absolute atomic E-state index is 12.8. The first-order valence-corrected chi connectivity index (χ1v) is 10.4.